The first-order valence-electron chi connectivity index (χ1n) is 5.49. The van der Waals surface area contributed by atoms with Crippen molar-refractivity contribution in [3.8, 4) is 0 Å². The van der Waals surface area contributed by atoms with E-state index in [1.54, 1.807) is 0 Å². The van der Waals surface area contributed by atoms with Gasteiger partial charge in [-0.1, -0.05) is 11.6 Å². The molecule has 1 aliphatic rings. The summed E-state index contributed by atoms with van der Waals surface area (Å²) < 4.78 is 0. The van der Waals surface area contributed by atoms with Crippen LogP contribution in [0.3, 0.4) is 0 Å². The van der Waals surface area contributed by atoms with Crippen molar-refractivity contribution in [2.24, 2.45) is 0 Å². The van der Waals surface area contributed by atoms with Crippen molar-refractivity contribution in [2.45, 2.75) is 25.3 Å². The molecular formula is C12H17ClN2. The van der Waals surface area contributed by atoms with Gasteiger partial charge in [-0.15, -0.1) is 0 Å². The maximum absolute atomic E-state index is 5.96. The van der Waals surface area contributed by atoms with E-state index in [-0.39, 0.29) is 0 Å². The van der Waals surface area contributed by atoms with Crippen LogP contribution in [0.1, 0.15) is 18.4 Å². The standard InChI is InChI=1S/C12H17ClN2/c1-14-6-2-3-11-8-9-7-10(13)4-5-12(9)15-11/h4-5,7,11,14-15H,2-3,6,8H2,1H3. The number of hydrogen-bond donors (Lipinski definition) is 2. The third-order valence-corrected chi connectivity index (χ3v) is 3.11. The Bertz CT molecular complexity index is 338. The molecule has 0 spiro atoms. The summed E-state index contributed by atoms with van der Waals surface area (Å²) in [6.07, 6.45) is 3.54. The summed E-state index contributed by atoms with van der Waals surface area (Å²) in [6, 6.07) is 6.69. The maximum Gasteiger partial charge on any atom is 0.0410 e. The summed E-state index contributed by atoms with van der Waals surface area (Å²) in [6.45, 7) is 1.09. The van der Waals surface area contributed by atoms with E-state index in [0.29, 0.717) is 6.04 Å². The third-order valence-electron chi connectivity index (χ3n) is 2.87. The van der Waals surface area contributed by atoms with Gasteiger partial charge in [-0.3, -0.25) is 0 Å². The maximum atomic E-state index is 5.96. The smallest absolute Gasteiger partial charge is 0.0410 e. The second kappa shape index (κ2) is 4.86. The van der Waals surface area contributed by atoms with Gasteiger partial charge in [0.05, 0.1) is 0 Å². The molecule has 0 amide bonds. The molecule has 0 aliphatic carbocycles. The van der Waals surface area contributed by atoms with Crippen LogP contribution >= 0.6 is 11.6 Å². The molecule has 1 aromatic carbocycles. The zero-order valence-electron chi connectivity index (χ0n) is 9.02. The van der Waals surface area contributed by atoms with Crippen LogP contribution in [-0.4, -0.2) is 19.6 Å². The average Bonchev–Trinajstić information content (AvgIpc) is 2.60. The molecule has 1 atom stereocenters. The van der Waals surface area contributed by atoms with Crippen molar-refractivity contribution in [1.29, 1.82) is 0 Å². The minimum atomic E-state index is 0.590. The molecule has 1 unspecified atom stereocenters. The molecule has 1 heterocycles. The van der Waals surface area contributed by atoms with Gasteiger partial charge in [0.25, 0.3) is 0 Å². The molecule has 2 nitrogen and oxygen atoms in total. The Morgan fingerprint density at radius 3 is 3.20 bits per heavy atom. The summed E-state index contributed by atoms with van der Waals surface area (Å²) in [4.78, 5) is 0. The van der Waals surface area contributed by atoms with Crippen LogP contribution in [-0.2, 0) is 6.42 Å². The molecule has 0 fully saturated rings. The number of rotatable bonds is 4. The second-order valence-corrected chi connectivity index (χ2v) is 4.53. The highest BCUT2D eigenvalue weighted by Crippen LogP contribution is 2.29. The second-order valence-electron chi connectivity index (χ2n) is 4.09. The van der Waals surface area contributed by atoms with Crippen molar-refractivity contribution in [3.05, 3.63) is 28.8 Å². The van der Waals surface area contributed by atoms with Gasteiger partial charge in [0.2, 0.25) is 0 Å². The monoisotopic (exact) mass is 224 g/mol. The van der Waals surface area contributed by atoms with E-state index in [1.807, 2.05) is 13.1 Å². The average molecular weight is 225 g/mol. The predicted molar refractivity (Wildman–Crippen MR) is 65.7 cm³/mol. The number of hydrogen-bond acceptors (Lipinski definition) is 2. The van der Waals surface area contributed by atoms with E-state index >= 15 is 0 Å². The van der Waals surface area contributed by atoms with E-state index in [9.17, 15) is 0 Å². The lowest BCUT2D eigenvalue weighted by Crippen LogP contribution is -2.18. The van der Waals surface area contributed by atoms with Crippen molar-refractivity contribution < 1.29 is 0 Å². The van der Waals surface area contributed by atoms with Crippen LogP contribution in [0.2, 0.25) is 5.02 Å². The number of nitrogens with one attached hydrogen (secondary N) is 2. The molecule has 0 saturated heterocycles. The lowest BCUT2D eigenvalue weighted by atomic mass is 10.1. The van der Waals surface area contributed by atoms with Gasteiger partial charge in [0, 0.05) is 16.8 Å². The Morgan fingerprint density at radius 2 is 2.40 bits per heavy atom. The first-order chi connectivity index (χ1) is 7.29. The zero-order valence-corrected chi connectivity index (χ0v) is 9.77. The van der Waals surface area contributed by atoms with Crippen LogP contribution in [0, 0.1) is 0 Å². The number of benzene rings is 1. The number of fused-ring (bicyclic) bond motifs is 1. The van der Waals surface area contributed by atoms with Crippen LogP contribution in [0.25, 0.3) is 0 Å². The molecule has 82 valence electrons. The normalized spacial score (nSPS) is 18.7. The van der Waals surface area contributed by atoms with Gasteiger partial charge in [-0.25, -0.2) is 0 Å². The Labute approximate surface area is 96.0 Å². The van der Waals surface area contributed by atoms with Crippen LogP contribution < -0.4 is 10.6 Å². The molecule has 2 rings (SSSR count). The lowest BCUT2D eigenvalue weighted by Gasteiger charge is -2.10. The van der Waals surface area contributed by atoms with E-state index < -0.39 is 0 Å². The third kappa shape index (κ3) is 2.64. The predicted octanol–water partition coefficient (Wildman–Crippen LogP) is 2.68. The highest BCUT2D eigenvalue weighted by Gasteiger charge is 2.19. The van der Waals surface area contributed by atoms with Crippen LogP contribution in [0.5, 0.6) is 0 Å². The zero-order chi connectivity index (χ0) is 10.7. The van der Waals surface area contributed by atoms with Gasteiger partial charge in [-0.05, 0) is 56.6 Å². The molecule has 15 heavy (non-hydrogen) atoms. The van der Waals surface area contributed by atoms with Gasteiger partial charge < -0.3 is 10.6 Å². The fourth-order valence-electron chi connectivity index (χ4n) is 2.11. The largest absolute Gasteiger partial charge is 0.382 e. The number of anilines is 1. The summed E-state index contributed by atoms with van der Waals surface area (Å²) in [5.74, 6) is 0. The summed E-state index contributed by atoms with van der Waals surface area (Å²) in [5.41, 5.74) is 2.62. The van der Waals surface area contributed by atoms with E-state index in [0.717, 1.165) is 18.0 Å². The number of halogens is 1. The minimum Gasteiger partial charge on any atom is -0.382 e. The van der Waals surface area contributed by atoms with E-state index in [1.165, 1.54) is 24.1 Å². The van der Waals surface area contributed by atoms with Crippen LogP contribution in [0.4, 0.5) is 5.69 Å². The topological polar surface area (TPSA) is 24.1 Å². The first-order valence-corrected chi connectivity index (χ1v) is 5.87. The summed E-state index contributed by atoms with van der Waals surface area (Å²) in [5, 5.41) is 7.55. The van der Waals surface area contributed by atoms with Crippen LogP contribution in [0.15, 0.2) is 18.2 Å². The molecular weight excluding hydrogens is 208 g/mol. The van der Waals surface area contributed by atoms with Crippen molar-refractivity contribution in [1.82, 2.24) is 5.32 Å². The highest BCUT2D eigenvalue weighted by molar-refractivity contribution is 6.30. The molecule has 1 aliphatic heterocycles. The summed E-state index contributed by atoms with van der Waals surface area (Å²) >= 11 is 5.96. The van der Waals surface area contributed by atoms with Gasteiger partial charge in [0.15, 0.2) is 0 Å². The molecule has 0 bridgehead atoms. The van der Waals surface area contributed by atoms with Crippen molar-refractivity contribution in [2.75, 3.05) is 18.9 Å². The van der Waals surface area contributed by atoms with Gasteiger partial charge in [0.1, 0.15) is 0 Å². The Morgan fingerprint density at radius 1 is 1.53 bits per heavy atom. The van der Waals surface area contributed by atoms with E-state index in [2.05, 4.69) is 22.8 Å². The molecule has 2 N–H and O–H groups in total. The fraction of sp³-hybridized carbons (Fsp3) is 0.500. The highest BCUT2D eigenvalue weighted by atomic mass is 35.5. The Kier molecular flexibility index (Phi) is 3.49. The fourth-order valence-corrected chi connectivity index (χ4v) is 2.30. The molecule has 1 aromatic rings. The SMILES string of the molecule is CNCCCC1Cc2cc(Cl)ccc2N1. The molecule has 0 saturated carbocycles. The minimum absolute atomic E-state index is 0.590. The lowest BCUT2D eigenvalue weighted by molar-refractivity contribution is 0.608. The van der Waals surface area contributed by atoms with Gasteiger partial charge >= 0.3 is 0 Å². The molecule has 0 aromatic heterocycles. The molecule has 0 radical (unpaired) electrons. The Hall–Kier alpha value is -0.730. The first kappa shape index (κ1) is 10.8. The quantitative estimate of drug-likeness (QED) is 0.769. The van der Waals surface area contributed by atoms with Crippen molar-refractivity contribution in [3.63, 3.8) is 0 Å². The summed E-state index contributed by atoms with van der Waals surface area (Å²) in [7, 11) is 2.00. The van der Waals surface area contributed by atoms with Crippen molar-refractivity contribution >= 4 is 17.3 Å². The van der Waals surface area contributed by atoms with E-state index in [4.69, 9.17) is 11.6 Å². The van der Waals surface area contributed by atoms with Gasteiger partial charge in [-0.2, -0.15) is 0 Å². The molecule has 3 heteroatoms. The Balaban J connectivity index is 1.91.